The Labute approximate surface area is 65.6 Å². The van der Waals surface area contributed by atoms with Crippen molar-refractivity contribution in [2.75, 3.05) is 0 Å². The number of nitrogens with zero attached hydrogens (tertiary/aromatic N) is 1. The Morgan fingerprint density at radius 1 is 1.36 bits per heavy atom. The zero-order chi connectivity index (χ0) is 8.10. The molecule has 0 aliphatic carbocycles. The summed E-state index contributed by atoms with van der Waals surface area (Å²) in [5.41, 5.74) is 6.59. The van der Waals surface area contributed by atoms with Crippen molar-refractivity contribution in [3.05, 3.63) is 42.1 Å². The van der Waals surface area contributed by atoms with Crippen LogP contribution in [0.1, 0.15) is 5.56 Å². The monoisotopic (exact) mass is 144 g/mol. The second-order valence-corrected chi connectivity index (χ2v) is 2.06. The van der Waals surface area contributed by atoms with Crippen molar-refractivity contribution < 1.29 is 0 Å². The van der Waals surface area contributed by atoms with E-state index < -0.39 is 0 Å². The molecular formula is C9H8N2. The maximum atomic E-state index is 8.58. The number of nitrogens with two attached hydrogens (primary N) is 1. The summed E-state index contributed by atoms with van der Waals surface area (Å²) in [4.78, 5) is 0. The van der Waals surface area contributed by atoms with Gasteiger partial charge in [-0.15, -0.1) is 0 Å². The molecule has 2 heteroatoms. The normalized spacial score (nSPS) is 10.6. The van der Waals surface area contributed by atoms with Crippen molar-refractivity contribution in [1.82, 2.24) is 0 Å². The van der Waals surface area contributed by atoms with Crippen LogP contribution >= 0.6 is 0 Å². The summed E-state index contributed by atoms with van der Waals surface area (Å²) in [6.07, 6.45) is 1.31. The second kappa shape index (κ2) is 3.43. The Kier molecular flexibility index (Phi) is 2.29. The van der Waals surface area contributed by atoms with Gasteiger partial charge in [-0.05, 0) is 5.56 Å². The molecule has 11 heavy (non-hydrogen) atoms. The van der Waals surface area contributed by atoms with E-state index in [0.29, 0.717) is 5.57 Å². The van der Waals surface area contributed by atoms with E-state index in [9.17, 15) is 0 Å². The summed E-state index contributed by atoms with van der Waals surface area (Å²) in [6.45, 7) is 0. The first kappa shape index (κ1) is 7.36. The third-order valence-corrected chi connectivity index (χ3v) is 1.37. The summed E-state index contributed by atoms with van der Waals surface area (Å²) in [7, 11) is 0. The van der Waals surface area contributed by atoms with Gasteiger partial charge in [0.1, 0.15) is 6.07 Å². The first-order valence-corrected chi connectivity index (χ1v) is 3.26. The Morgan fingerprint density at radius 2 is 2.00 bits per heavy atom. The summed E-state index contributed by atoms with van der Waals surface area (Å²) in [5.74, 6) is 0. The lowest BCUT2D eigenvalue weighted by Gasteiger charge is -1.94. The molecule has 0 aliphatic rings. The highest BCUT2D eigenvalue weighted by molar-refractivity contribution is 5.75. The van der Waals surface area contributed by atoms with E-state index in [2.05, 4.69) is 0 Å². The standard InChI is InChI=1S/C9H8N2/c10-6-9(7-11)8-4-2-1-3-5-8/h1-6H,10H2. The van der Waals surface area contributed by atoms with Crippen LogP contribution in [0.15, 0.2) is 36.5 Å². The number of benzene rings is 1. The first-order valence-electron chi connectivity index (χ1n) is 3.26. The Balaban J connectivity index is 3.05. The van der Waals surface area contributed by atoms with Gasteiger partial charge in [-0.3, -0.25) is 0 Å². The van der Waals surface area contributed by atoms with Gasteiger partial charge < -0.3 is 5.73 Å². The highest BCUT2D eigenvalue weighted by Crippen LogP contribution is 2.10. The summed E-state index contributed by atoms with van der Waals surface area (Å²) < 4.78 is 0. The lowest BCUT2D eigenvalue weighted by atomic mass is 10.1. The van der Waals surface area contributed by atoms with Crippen LogP contribution in [0.2, 0.25) is 0 Å². The minimum Gasteiger partial charge on any atom is -0.404 e. The molecule has 1 aromatic rings. The average molecular weight is 144 g/mol. The van der Waals surface area contributed by atoms with Crippen LogP contribution in [-0.2, 0) is 0 Å². The van der Waals surface area contributed by atoms with Gasteiger partial charge in [0.15, 0.2) is 0 Å². The van der Waals surface area contributed by atoms with Crippen molar-refractivity contribution in [2.24, 2.45) is 5.73 Å². The fraction of sp³-hybridized carbons (Fsp3) is 0. The molecule has 0 aliphatic heterocycles. The van der Waals surface area contributed by atoms with E-state index >= 15 is 0 Å². The molecule has 2 N–H and O–H groups in total. The maximum Gasteiger partial charge on any atom is 0.101 e. The van der Waals surface area contributed by atoms with Gasteiger partial charge in [0.2, 0.25) is 0 Å². The van der Waals surface area contributed by atoms with Crippen molar-refractivity contribution in [2.45, 2.75) is 0 Å². The highest BCUT2D eigenvalue weighted by atomic mass is 14.5. The van der Waals surface area contributed by atoms with E-state index in [0.717, 1.165) is 5.56 Å². The second-order valence-electron chi connectivity index (χ2n) is 2.06. The highest BCUT2D eigenvalue weighted by Gasteiger charge is 1.95. The van der Waals surface area contributed by atoms with Gasteiger partial charge in [-0.1, -0.05) is 30.3 Å². The van der Waals surface area contributed by atoms with Crippen molar-refractivity contribution >= 4 is 5.57 Å². The fourth-order valence-corrected chi connectivity index (χ4v) is 0.816. The lowest BCUT2D eigenvalue weighted by Crippen LogP contribution is -1.85. The third kappa shape index (κ3) is 1.59. The molecule has 0 heterocycles. The van der Waals surface area contributed by atoms with E-state index in [1.165, 1.54) is 6.20 Å². The largest absolute Gasteiger partial charge is 0.404 e. The molecule has 0 fully saturated rings. The van der Waals surface area contributed by atoms with Crippen LogP contribution in [0.4, 0.5) is 0 Å². The molecule has 1 aromatic carbocycles. The molecule has 0 saturated heterocycles. The number of allylic oxidation sites excluding steroid dienone is 1. The van der Waals surface area contributed by atoms with Gasteiger partial charge >= 0.3 is 0 Å². The molecule has 0 spiro atoms. The van der Waals surface area contributed by atoms with Gasteiger partial charge in [0.05, 0.1) is 5.57 Å². The van der Waals surface area contributed by atoms with Crippen molar-refractivity contribution in [3.63, 3.8) is 0 Å². The maximum absolute atomic E-state index is 8.58. The molecule has 54 valence electrons. The summed E-state index contributed by atoms with van der Waals surface area (Å²) >= 11 is 0. The predicted octanol–water partition coefficient (Wildman–Crippen LogP) is 1.51. The Bertz CT molecular complexity index is 293. The van der Waals surface area contributed by atoms with Gasteiger partial charge in [-0.25, -0.2) is 0 Å². The number of hydrogen-bond donors (Lipinski definition) is 1. The number of rotatable bonds is 1. The van der Waals surface area contributed by atoms with Crippen LogP contribution in [0.3, 0.4) is 0 Å². The molecule has 0 unspecified atom stereocenters. The van der Waals surface area contributed by atoms with Gasteiger partial charge in [0, 0.05) is 6.20 Å². The summed E-state index contributed by atoms with van der Waals surface area (Å²) in [6, 6.07) is 11.3. The smallest absolute Gasteiger partial charge is 0.101 e. The third-order valence-electron chi connectivity index (χ3n) is 1.37. The van der Waals surface area contributed by atoms with Crippen molar-refractivity contribution in [1.29, 1.82) is 5.26 Å². The Hall–Kier alpha value is -1.75. The fourth-order valence-electron chi connectivity index (χ4n) is 0.816. The van der Waals surface area contributed by atoms with Crippen LogP contribution in [0.25, 0.3) is 5.57 Å². The van der Waals surface area contributed by atoms with Crippen molar-refractivity contribution in [3.8, 4) is 6.07 Å². The molecule has 0 radical (unpaired) electrons. The first-order chi connectivity index (χ1) is 5.38. The number of hydrogen-bond acceptors (Lipinski definition) is 2. The van der Waals surface area contributed by atoms with Crippen LogP contribution in [-0.4, -0.2) is 0 Å². The number of nitriles is 1. The van der Waals surface area contributed by atoms with E-state index in [4.69, 9.17) is 11.0 Å². The quantitative estimate of drug-likeness (QED) is 0.607. The van der Waals surface area contributed by atoms with Crippen LogP contribution in [0, 0.1) is 11.3 Å². The molecular weight excluding hydrogens is 136 g/mol. The lowest BCUT2D eigenvalue weighted by molar-refractivity contribution is 1.50. The minimum atomic E-state index is 0.505. The summed E-state index contributed by atoms with van der Waals surface area (Å²) in [5, 5.41) is 8.58. The molecule has 0 aromatic heterocycles. The predicted molar refractivity (Wildman–Crippen MR) is 44.2 cm³/mol. The van der Waals surface area contributed by atoms with Gasteiger partial charge in [0.25, 0.3) is 0 Å². The molecule has 2 nitrogen and oxygen atoms in total. The van der Waals surface area contributed by atoms with Crippen LogP contribution in [0.5, 0.6) is 0 Å². The minimum absolute atomic E-state index is 0.505. The van der Waals surface area contributed by atoms with Crippen LogP contribution < -0.4 is 5.73 Å². The molecule has 0 bridgehead atoms. The molecule has 0 atom stereocenters. The zero-order valence-corrected chi connectivity index (χ0v) is 5.99. The average Bonchev–Trinajstić information content (AvgIpc) is 2.09. The van der Waals surface area contributed by atoms with E-state index in [1.807, 2.05) is 36.4 Å². The van der Waals surface area contributed by atoms with E-state index in [-0.39, 0.29) is 0 Å². The SMILES string of the molecule is N#CC(=CN)c1ccccc1. The molecule has 0 amide bonds. The topological polar surface area (TPSA) is 49.8 Å². The Morgan fingerprint density at radius 3 is 2.45 bits per heavy atom. The zero-order valence-electron chi connectivity index (χ0n) is 5.99. The van der Waals surface area contributed by atoms with Gasteiger partial charge in [-0.2, -0.15) is 5.26 Å². The molecule has 1 rings (SSSR count). The molecule has 0 saturated carbocycles. The van der Waals surface area contributed by atoms with E-state index in [1.54, 1.807) is 0 Å².